The summed E-state index contributed by atoms with van der Waals surface area (Å²) in [6.45, 7) is 6.08. The molecule has 0 aliphatic heterocycles. The molecule has 0 fully saturated rings. The summed E-state index contributed by atoms with van der Waals surface area (Å²) in [7, 11) is 1.79. The summed E-state index contributed by atoms with van der Waals surface area (Å²) >= 11 is 0. The fourth-order valence-corrected chi connectivity index (χ4v) is 3.58. The van der Waals surface area contributed by atoms with Crippen LogP contribution < -0.4 is 5.56 Å². The molecule has 1 aromatic heterocycles. The quantitative estimate of drug-likeness (QED) is 0.589. The average Bonchev–Trinajstić information content (AvgIpc) is 2.76. The van der Waals surface area contributed by atoms with E-state index >= 15 is 0 Å². The van der Waals surface area contributed by atoms with Gasteiger partial charge in [0.05, 0.1) is 22.6 Å². The SMILES string of the molecule is CCCCC(=O)N(C)C(C)c1nc2ccccc2c(=O)n1-c1ccccc1CC. The van der Waals surface area contributed by atoms with Crippen molar-refractivity contribution in [2.75, 3.05) is 7.05 Å². The van der Waals surface area contributed by atoms with Crippen LogP contribution in [0, 0.1) is 0 Å². The Kier molecular flexibility index (Phi) is 6.47. The van der Waals surface area contributed by atoms with E-state index in [9.17, 15) is 9.59 Å². The molecule has 152 valence electrons. The van der Waals surface area contributed by atoms with Crippen molar-refractivity contribution in [3.8, 4) is 5.69 Å². The van der Waals surface area contributed by atoms with Crippen molar-refractivity contribution < 1.29 is 4.79 Å². The molecule has 5 heteroatoms. The van der Waals surface area contributed by atoms with E-state index in [1.54, 1.807) is 22.6 Å². The number of para-hydroxylation sites is 2. The molecule has 0 bridgehead atoms. The maximum atomic E-state index is 13.5. The highest BCUT2D eigenvalue weighted by Crippen LogP contribution is 2.24. The van der Waals surface area contributed by atoms with Gasteiger partial charge in [0.25, 0.3) is 5.56 Å². The molecule has 1 atom stereocenters. The van der Waals surface area contributed by atoms with Gasteiger partial charge < -0.3 is 4.90 Å². The first-order valence-corrected chi connectivity index (χ1v) is 10.3. The second kappa shape index (κ2) is 9.03. The number of nitrogens with zero attached hydrogens (tertiary/aromatic N) is 3. The molecule has 0 spiro atoms. The molecule has 0 N–H and O–H groups in total. The van der Waals surface area contributed by atoms with Gasteiger partial charge in [-0.3, -0.25) is 14.2 Å². The van der Waals surface area contributed by atoms with Crippen molar-refractivity contribution in [3.05, 3.63) is 70.3 Å². The van der Waals surface area contributed by atoms with Crippen molar-refractivity contribution in [1.29, 1.82) is 0 Å². The van der Waals surface area contributed by atoms with Crippen molar-refractivity contribution in [1.82, 2.24) is 14.5 Å². The normalized spacial score (nSPS) is 12.1. The fourth-order valence-electron chi connectivity index (χ4n) is 3.58. The van der Waals surface area contributed by atoms with Gasteiger partial charge in [-0.25, -0.2) is 4.98 Å². The summed E-state index contributed by atoms with van der Waals surface area (Å²) in [6.07, 6.45) is 3.12. The Hall–Kier alpha value is -2.95. The zero-order valence-corrected chi connectivity index (χ0v) is 17.7. The Bertz CT molecular complexity index is 1070. The van der Waals surface area contributed by atoms with Crippen molar-refractivity contribution in [2.24, 2.45) is 0 Å². The smallest absolute Gasteiger partial charge is 0.266 e. The molecule has 3 aromatic rings. The minimum Gasteiger partial charge on any atom is -0.336 e. The molecule has 3 rings (SSSR count). The average molecular weight is 392 g/mol. The van der Waals surface area contributed by atoms with Gasteiger partial charge in [0.15, 0.2) is 0 Å². The first-order chi connectivity index (χ1) is 14.0. The maximum Gasteiger partial charge on any atom is 0.266 e. The standard InChI is InChI=1S/C24H29N3O2/c1-5-7-16-22(28)26(4)17(3)23-25-20-14-10-9-13-19(20)24(29)27(23)21-15-11-8-12-18(21)6-2/h8-15,17H,5-7,16H2,1-4H3. The number of carbonyl (C=O) groups excluding carboxylic acids is 1. The van der Waals surface area contributed by atoms with Gasteiger partial charge in [-0.1, -0.05) is 50.6 Å². The Balaban J connectivity index is 2.22. The van der Waals surface area contributed by atoms with Crippen LogP contribution in [0.2, 0.25) is 0 Å². The van der Waals surface area contributed by atoms with E-state index in [4.69, 9.17) is 4.98 Å². The van der Waals surface area contributed by atoms with Crippen molar-refractivity contribution in [2.45, 2.75) is 52.5 Å². The van der Waals surface area contributed by atoms with E-state index < -0.39 is 0 Å². The second-order valence-corrected chi connectivity index (χ2v) is 7.39. The predicted molar refractivity (Wildman–Crippen MR) is 117 cm³/mol. The predicted octanol–water partition coefficient (Wildman–Crippen LogP) is 4.66. The number of rotatable bonds is 7. The lowest BCUT2D eigenvalue weighted by Crippen LogP contribution is -2.35. The lowest BCUT2D eigenvalue weighted by atomic mass is 10.1. The summed E-state index contributed by atoms with van der Waals surface area (Å²) in [5.41, 5.74) is 2.45. The van der Waals surface area contributed by atoms with E-state index in [-0.39, 0.29) is 17.5 Å². The van der Waals surface area contributed by atoms with Gasteiger partial charge in [-0.15, -0.1) is 0 Å². The number of amides is 1. The van der Waals surface area contributed by atoms with E-state index in [1.165, 1.54) is 0 Å². The molecule has 0 saturated carbocycles. The summed E-state index contributed by atoms with van der Waals surface area (Å²) in [5.74, 6) is 0.652. The van der Waals surface area contributed by atoms with Gasteiger partial charge in [-0.05, 0) is 43.5 Å². The monoisotopic (exact) mass is 391 g/mol. The summed E-state index contributed by atoms with van der Waals surface area (Å²) in [4.78, 5) is 32.7. The van der Waals surface area contributed by atoms with Crippen LogP contribution in [0.15, 0.2) is 53.3 Å². The molecular formula is C24H29N3O2. The first-order valence-electron chi connectivity index (χ1n) is 10.3. The molecule has 2 aromatic carbocycles. The minimum atomic E-state index is -0.332. The highest BCUT2D eigenvalue weighted by molar-refractivity contribution is 5.79. The zero-order valence-electron chi connectivity index (χ0n) is 17.7. The lowest BCUT2D eigenvalue weighted by Gasteiger charge is -2.27. The number of hydrogen-bond acceptors (Lipinski definition) is 3. The van der Waals surface area contributed by atoms with Gasteiger partial charge in [-0.2, -0.15) is 0 Å². The van der Waals surface area contributed by atoms with Crippen LogP contribution in [0.5, 0.6) is 0 Å². The number of aryl methyl sites for hydroxylation is 1. The molecule has 0 radical (unpaired) electrons. The topological polar surface area (TPSA) is 55.2 Å². The van der Waals surface area contributed by atoms with Crippen LogP contribution >= 0.6 is 0 Å². The molecule has 5 nitrogen and oxygen atoms in total. The number of hydrogen-bond donors (Lipinski definition) is 0. The molecule has 1 heterocycles. The Labute approximate surface area is 172 Å². The zero-order chi connectivity index (χ0) is 21.0. The van der Waals surface area contributed by atoms with E-state index in [1.807, 2.05) is 49.4 Å². The minimum absolute atomic E-state index is 0.0667. The highest BCUT2D eigenvalue weighted by atomic mass is 16.2. The van der Waals surface area contributed by atoms with Crippen LogP contribution in [0.1, 0.15) is 57.5 Å². The van der Waals surface area contributed by atoms with Crippen LogP contribution in [-0.4, -0.2) is 27.4 Å². The lowest BCUT2D eigenvalue weighted by molar-refractivity contribution is -0.132. The van der Waals surface area contributed by atoms with Crippen molar-refractivity contribution >= 4 is 16.8 Å². The summed E-state index contributed by atoms with van der Waals surface area (Å²) in [5, 5.41) is 0.578. The van der Waals surface area contributed by atoms with Gasteiger partial charge in [0.2, 0.25) is 5.91 Å². The number of benzene rings is 2. The third kappa shape index (κ3) is 4.09. The Morgan fingerprint density at radius 2 is 1.79 bits per heavy atom. The molecule has 1 unspecified atom stereocenters. The largest absolute Gasteiger partial charge is 0.336 e. The van der Waals surface area contributed by atoms with Crippen LogP contribution in [0.25, 0.3) is 16.6 Å². The van der Waals surface area contributed by atoms with Gasteiger partial charge in [0.1, 0.15) is 5.82 Å². The van der Waals surface area contributed by atoms with E-state index in [0.717, 1.165) is 30.5 Å². The van der Waals surface area contributed by atoms with Crippen LogP contribution in [0.4, 0.5) is 0 Å². The second-order valence-electron chi connectivity index (χ2n) is 7.39. The van der Waals surface area contributed by atoms with Crippen LogP contribution in [0.3, 0.4) is 0 Å². The van der Waals surface area contributed by atoms with Gasteiger partial charge >= 0.3 is 0 Å². The van der Waals surface area contributed by atoms with E-state index in [2.05, 4.69) is 13.8 Å². The molecule has 0 aliphatic carbocycles. The fraction of sp³-hybridized carbons (Fsp3) is 0.375. The Morgan fingerprint density at radius 3 is 2.52 bits per heavy atom. The maximum absolute atomic E-state index is 13.5. The molecular weight excluding hydrogens is 362 g/mol. The van der Waals surface area contributed by atoms with Gasteiger partial charge in [0, 0.05) is 13.5 Å². The first kappa shape index (κ1) is 20.8. The number of carbonyl (C=O) groups is 1. The molecule has 0 saturated heterocycles. The Morgan fingerprint density at radius 1 is 1.10 bits per heavy atom. The number of fused-ring (bicyclic) bond motifs is 1. The summed E-state index contributed by atoms with van der Waals surface area (Å²) in [6, 6.07) is 14.9. The molecule has 1 amide bonds. The van der Waals surface area contributed by atoms with Crippen molar-refractivity contribution in [3.63, 3.8) is 0 Å². The number of aromatic nitrogens is 2. The van der Waals surface area contributed by atoms with E-state index in [0.29, 0.717) is 23.1 Å². The highest BCUT2D eigenvalue weighted by Gasteiger charge is 2.24. The molecule has 29 heavy (non-hydrogen) atoms. The third-order valence-electron chi connectivity index (χ3n) is 5.51. The summed E-state index contributed by atoms with van der Waals surface area (Å²) < 4.78 is 1.69. The van der Waals surface area contributed by atoms with Crippen LogP contribution in [-0.2, 0) is 11.2 Å². The third-order valence-corrected chi connectivity index (χ3v) is 5.51. The molecule has 0 aliphatic rings. The number of unbranched alkanes of at least 4 members (excludes halogenated alkanes) is 1.